The van der Waals surface area contributed by atoms with Crippen molar-refractivity contribution < 1.29 is 8.42 Å². The van der Waals surface area contributed by atoms with Crippen molar-refractivity contribution in [2.24, 2.45) is 5.92 Å². The van der Waals surface area contributed by atoms with Crippen LogP contribution in [0.15, 0.2) is 23.1 Å². The molecule has 1 aliphatic heterocycles. The van der Waals surface area contributed by atoms with Crippen molar-refractivity contribution in [2.45, 2.75) is 18.7 Å². The van der Waals surface area contributed by atoms with Crippen molar-refractivity contribution >= 4 is 32.8 Å². The quantitative estimate of drug-likeness (QED) is 0.847. The van der Waals surface area contributed by atoms with E-state index in [0.717, 1.165) is 31.4 Å². The highest BCUT2D eigenvalue weighted by atomic mass is 32.2. The number of aromatic nitrogens is 2. The Morgan fingerprint density at radius 2 is 1.91 bits per heavy atom. The molecule has 8 heteroatoms. The van der Waals surface area contributed by atoms with Gasteiger partial charge in [0.05, 0.1) is 11.7 Å². The summed E-state index contributed by atoms with van der Waals surface area (Å²) >= 11 is 1.05. The summed E-state index contributed by atoms with van der Waals surface area (Å²) in [6.07, 6.45) is 0. The van der Waals surface area contributed by atoms with E-state index < -0.39 is 10.0 Å². The second kappa shape index (κ2) is 6.19. The molecule has 1 fully saturated rings. The third-order valence-corrected chi connectivity index (χ3v) is 6.29. The Morgan fingerprint density at radius 1 is 1.18 bits per heavy atom. The maximum Gasteiger partial charge on any atom is 0.245 e. The van der Waals surface area contributed by atoms with Crippen molar-refractivity contribution in [1.29, 1.82) is 0 Å². The third kappa shape index (κ3) is 3.01. The summed E-state index contributed by atoms with van der Waals surface area (Å²) < 4.78 is 35.6. The van der Waals surface area contributed by atoms with Gasteiger partial charge in [-0.15, -0.1) is 0 Å². The third-order valence-electron chi connectivity index (χ3n) is 3.82. The molecule has 0 saturated carbocycles. The van der Waals surface area contributed by atoms with E-state index in [4.69, 9.17) is 0 Å². The minimum Gasteiger partial charge on any atom is -0.300 e. The highest BCUT2D eigenvalue weighted by molar-refractivity contribution is 7.89. The van der Waals surface area contributed by atoms with Crippen LogP contribution in [0, 0.1) is 5.92 Å². The molecule has 0 N–H and O–H groups in total. The van der Waals surface area contributed by atoms with Crippen LogP contribution in [0.25, 0.3) is 11.0 Å². The summed E-state index contributed by atoms with van der Waals surface area (Å²) in [5.41, 5.74) is 1.13. The lowest BCUT2D eigenvalue weighted by molar-refractivity contribution is 0.172. The first-order valence-corrected chi connectivity index (χ1v) is 9.59. The normalized spacial score (nSPS) is 18.3. The van der Waals surface area contributed by atoms with E-state index in [-0.39, 0.29) is 4.90 Å². The molecule has 0 amide bonds. The maximum atomic E-state index is 12.9. The first kappa shape index (κ1) is 15.8. The van der Waals surface area contributed by atoms with E-state index in [9.17, 15) is 8.42 Å². The standard InChI is InChI=1S/C14H20N4O2S2/c1-11(2)10-17-6-8-18(9-7-17)22(19,20)13-5-3-4-12-14(13)16-21-15-12/h3-5,11H,6-10H2,1-2H3. The number of fused-ring (bicyclic) bond motifs is 1. The number of sulfonamides is 1. The van der Waals surface area contributed by atoms with E-state index in [0.29, 0.717) is 30.0 Å². The molecule has 0 bridgehead atoms. The van der Waals surface area contributed by atoms with E-state index in [2.05, 4.69) is 27.5 Å². The van der Waals surface area contributed by atoms with Crippen molar-refractivity contribution in [3.63, 3.8) is 0 Å². The lowest BCUT2D eigenvalue weighted by Crippen LogP contribution is -2.49. The van der Waals surface area contributed by atoms with Gasteiger partial charge in [-0.3, -0.25) is 0 Å². The number of nitrogens with zero attached hydrogens (tertiary/aromatic N) is 4. The monoisotopic (exact) mass is 340 g/mol. The molecule has 0 unspecified atom stereocenters. The fourth-order valence-corrected chi connectivity index (χ4v) is 4.97. The molecule has 6 nitrogen and oxygen atoms in total. The summed E-state index contributed by atoms with van der Waals surface area (Å²) in [6.45, 7) is 8.00. The molecular formula is C14H20N4O2S2. The van der Waals surface area contributed by atoms with Crippen molar-refractivity contribution in [3.8, 4) is 0 Å². The number of hydrogen-bond donors (Lipinski definition) is 0. The first-order valence-electron chi connectivity index (χ1n) is 7.42. The van der Waals surface area contributed by atoms with Gasteiger partial charge in [0.15, 0.2) is 0 Å². The molecule has 1 aromatic carbocycles. The zero-order valence-corrected chi connectivity index (χ0v) is 14.4. The number of benzene rings is 1. The van der Waals surface area contributed by atoms with Gasteiger partial charge in [0, 0.05) is 32.7 Å². The van der Waals surface area contributed by atoms with Gasteiger partial charge in [-0.05, 0) is 18.1 Å². The van der Waals surface area contributed by atoms with Crippen LogP contribution in [0.1, 0.15) is 13.8 Å². The molecule has 1 saturated heterocycles. The summed E-state index contributed by atoms with van der Waals surface area (Å²) in [4.78, 5) is 2.60. The van der Waals surface area contributed by atoms with Gasteiger partial charge in [-0.25, -0.2) is 8.42 Å². The molecule has 0 aliphatic carbocycles. The van der Waals surface area contributed by atoms with Crippen molar-refractivity contribution in [3.05, 3.63) is 18.2 Å². The molecule has 1 aliphatic rings. The Hall–Kier alpha value is -1.09. The molecule has 2 heterocycles. The highest BCUT2D eigenvalue weighted by Crippen LogP contribution is 2.25. The fraction of sp³-hybridized carbons (Fsp3) is 0.571. The van der Waals surface area contributed by atoms with E-state index >= 15 is 0 Å². The number of piperazine rings is 1. The Bertz CT molecular complexity index is 749. The highest BCUT2D eigenvalue weighted by Gasteiger charge is 2.30. The molecule has 22 heavy (non-hydrogen) atoms. The van der Waals surface area contributed by atoms with E-state index in [1.54, 1.807) is 22.5 Å². The van der Waals surface area contributed by atoms with Crippen LogP contribution in [0.4, 0.5) is 0 Å². The average molecular weight is 340 g/mol. The van der Waals surface area contributed by atoms with Crippen LogP contribution in [0.2, 0.25) is 0 Å². The Labute approximate surface area is 135 Å². The van der Waals surface area contributed by atoms with Crippen LogP contribution >= 0.6 is 11.7 Å². The van der Waals surface area contributed by atoms with Crippen LogP contribution in [-0.2, 0) is 10.0 Å². The Balaban J connectivity index is 1.81. The van der Waals surface area contributed by atoms with Gasteiger partial charge in [-0.2, -0.15) is 13.1 Å². The lowest BCUT2D eigenvalue weighted by atomic mass is 10.2. The molecule has 120 valence electrons. The predicted octanol–water partition coefficient (Wildman–Crippen LogP) is 1.65. The summed E-state index contributed by atoms with van der Waals surface area (Å²) in [6, 6.07) is 5.14. The molecule has 0 spiro atoms. The summed E-state index contributed by atoms with van der Waals surface area (Å²) in [5.74, 6) is 0.595. The maximum absolute atomic E-state index is 12.9. The summed E-state index contributed by atoms with van der Waals surface area (Å²) in [7, 11) is -3.50. The Kier molecular flexibility index (Phi) is 4.44. The molecule has 1 aromatic heterocycles. The van der Waals surface area contributed by atoms with E-state index in [1.807, 2.05) is 0 Å². The topological polar surface area (TPSA) is 66.4 Å². The molecule has 3 rings (SSSR count). The minimum atomic E-state index is -3.50. The molecule has 0 atom stereocenters. The summed E-state index contributed by atoms with van der Waals surface area (Å²) in [5, 5.41) is 0. The van der Waals surface area contributed by atoms with Crippen molar-refractivity contribution in [1.82, 2.24) is 18.0 Å². The lowest BCUT2D eigenvalue weighted by Gasteiger charge is -2.34. The van der Waals surface area contributed by atoms with E-state index in [1.165, 1.54) is 0 Å². The van der Waals surface area contributed by atoms with Gasteiger partial charge < -0.3 is 4.90 Å². The SMILES string of the molecule is CC(C)CN1CCN(S(=O)(=O)c2cccc3nsnc23)CC1. The second-order valence-electron chi connectivity index (χ2n) is 5.99. The van der Waals surface area contributed by atoms with Gasteiger partial charge in [0.25, 0.3) is 0 Å². The molecular weight excluding hydrogens is 320 g/mol. The molecule has 0 radical (unpaired) electrons. The average Bonchev–Trinajstić information content (AvgIpc) is 2.95. The zero-order chi connectivity index (χ0) is 15.7. The largest absolute Gasteiger partial charge is 0.300 e. The zero-order valence-electron chi connectivity index (χ0n) is 12.8. The van der Waals surface area contributed by atoms with Crippen LogP contribution in [0.3, 0.4) is 0 Å². The first-order chi connectivity index (χ1) is 10.5. The van der Waals surface area contributed by atoms with Gasteiger partial charge in [0.1, 0.15) is 15.9 Å². The number of hydrogen-bond acceptors (Lipinski definition) is 6. The van der Waals surface area contributed by atoms with Crippen LogP contribution < -0.4 is 0 Å². The number of rotatable bonds is 4. The smallest absolute Gasteiger partial charge is 0.245 e. The molecule has 2 aromatic rings. The van der Waals surface area contributed by atoms with Crippen LogP contribution in [0.5, 0.6) is 0 Å². The second-order valence-corrected chi connectivity index (χ2v) is 8.42. The van der Waals surface area contributed by atoms with Crippen LogP contribution in [-0.4, -0.2) is 59.1 Å². The van der Waals surface area contributed by atoms with Gasteiger partial charge in [0.2, 0.25) is 10.0 Å². The van der Waals surface area contributed by atoms with Crippen molar-refractivity contribution in [2.75, 3.05) is 32.7 Å². The predicted molar refractivity (Wildman–Crippen MR) is 87.5 cm³/mol. The minimum absolute atomic E-state index is 0.274. The van der Waals surface area contributed by atoms with Gasteiger partial charge in [-0.1, -0.05) is 19.9 Å². The fourth-order valence-electron chi connectivity index (χ4n) is 2.80. The Morgan fingerprint density at radius 3 is 2.59 bits per heavy atom. The van der Waals surface area contributed by atoms with Gasteiger partial charge >= 0.3 is 0 Å².